The minimum absolute atomic E-state index is 0.829. The molecule has 0 fully saturated rings. The first-order chi connectivity index (χ1) is 13.2. The summed E-state index contributed by atoms with van der Waals surface area (Å²) < 4.78 is 0. The molecule has 2 heterocycles. The number of aromatic nitrogens is 1. The van der Waals surface area contributed by atoms with E-state index >= 15 is 0 Å². The molecule has 3 heteroatoms. The van der Waals surface area contributed by atoms with E-state index in [1.807, 2.05) is 6.07 Å². The maximum atomic E-state index is 6.25. The highest BCUT2D eigenvalue weighted by Gasteiger charge is 2.13. The molecule has 2 aromatic carbocycles. The Bertz CT molecular complexity index is 940. The highest BCUT2D eigenvalue weighted by molar-refractivity contribution is 6.31. The molecule has 0 radical (unpaired) electrons. The van der Waals surface area contributed by atoms with E-state index < -0.39 is 0 Å². The van der Waals surface area contributed by atoms with Crippen LogP contribution < -0.4 is 0 Å². The molecule has 0 amide bonds. The number of benzene rings is 2. The van der Waals surface area contributed by atoms with Crippen LogP contribution in [0.1, 0.15) is 36.0 Å². The van der Waals surface area contributed by atoms with E-state index in [0.29, 0.717) is 0 Å². The van der Waals surface area contributed by atoms with E-state index in [0.717, 1.165) is 24.4 Å². The van der Waals surface area contributed by atoms with E-state index in [-0.39, 0.29) is 0 Å². The smallest absolute Gasteiger partial charge is 0.0487 e. The Morgan fingerprint density at radius 1 is 1.11 bits per heavy atom. The first-order valence-electron chi connectivity index (χ1n) is 9.93. The third-order valence-electron chi connectivity index (χ3n) is 5.65. The second-order valence-electron chi connectivity index (χ2n) is 7.56. The van der Waals surface area contributed by atoms with Crippen LogP contribution in [-0.2, 0) is 6.42 Å². The molecule has 0 unspecified atom stereocenters. The first-order valence-corrected chi connectivity index (χ1v) is 10.3. The number of unbranched alkanes of at least 4 members (excludes halogenated alkanes) is 1. The fourth-order valence-corrected chi connectivity index (χ4v) is 4.38. The van der Waals surface area contributed by atoms with Crippen LogP contribution in [0, 0.1) is 6.92 Å². The molecule has 1 aliphatic rings. The van der Waals surface area contributed by atoms with Gasteiger partial charge in [-0.1, -0.05) is 48.0 Å². The maximum Gasteiger partial charge on any atom is 0.0487 e. The third-order valence-corrected chi connectivity index (χ3v) is 5.86. The molecule has 140 valence electrons. The molecule has 1 N–H and O–H groups in total. The maximum absolute atomic E-state index is 6.25. The zero-order valence-electron chi connectivity index (χ0n) is 16.0. The van der Waals surface area contributed by atoms with Gasteiger partial charge >= 0.3 is 0 Å². The molecule has 1 aromatic heterocycles. The third kappa shape index (κ3) is 4.28. The number of nitrogens with zero attached hydrogens (tertiary/aromatic N) is 1. The average molecular weight is 379 g/mol. The fraction of sp³-hybridized carbons (Fsp3) is 0.333. The van der Waals surface area contributed by atoms with Crippen molar-refractivity contribution in [3.63, 3.8) is 0 Å². The Hall–Kier alpha value is -2.03. The normalized spacial score (nSPS) is 15.3. The average Bonchev–Trinajstić information content (AvgIpc) is 3.09. The van der Waals surface area contributed by atoms with Gasteiger partial charge in [0.05, 0.1) is 0 Å². The molecule has 0 atom stereocenters. The Balaban J connectivity index is 1.27. The van der Waals surface area contributed by atoms with Gasteiger partial charge in [-0.25, -0.2) is 0 Å². The number of nitrogens with one attached hydrogen (secondary N) is 1. The molecule has 0 bridgehead atoms. The standard InChI is InChI=1S/C24H27ClN2/c1-18-15-22(25)16-23-21(17-26-24(18)23)9-5-6-12-27-13-10-20(11-14-27)19-7-3-2-4-8-19/h2-4,7-8,10,15-17,26H,5-6,9,11-14H2,1H3. The summed E-state index contributed by atoms with van der Waals surface area (Å²) >= 11 is 6.25. The van der Waals surface area contributed by atoms with E-state index in [2.05, 4.69) is 65.5 Å². The highest BCUT2D eigenvalue weighted by atomic mass is 35.5. The van der Waals surface area contributed by atoms with Crippen molar-refractivity contribution >= 4 is 28.1 Å². The molecule has 1 aliphatic heterocycles. The summed E-state index contributed by atoms with van der Waals surface area (Å²) in [5, 5.41) is 2.11. The van der Waals surface area contributed by atoms with Crippen molar-refractivity contribution in [1.82, 2.24) is 9.88 Å². The second kappa shape index (κ2) is 8.33. The zero-order valence-corrected chi connectivity index (χ0v) is 16.7. The molecule has 27 heavy (non-hydrogen) atoms. The lowest BCUT2D eigenvalue weighted by Gasteiger charge is -2.26. The lowest BCUT2D eigenvalue weighted by molar-refractivity contribution is 0.295. The highest BCUT2D eigenvalue weighted by Crippen LogP contribution is 2.27. The predicted octanol–water partition coefficient (Wildman–Crippen LogP) is 6.24. The Kier molecular flexibility index (Phi) is 5.66. The second-order valence-corrected chi connectivity index (χ2v) is 8.00. The first kappa shape index (κ1) is 18.3. The summed E-state index contributed by atoms with van der Waals surface area (Å²) in [6, 6.07) is 14.9. The predicted molar refractivity (Wildman–Crippen MR) is 116 cm³/mol. The summed E-state index contributed by atoms with van der Waals surface area (Å²) in [4.78, 5) is 5.99. The molecule has 2 nitrogen and oxygen atoms in total. The zero-order chi connectivity index (χ0) is 18.6. The Labute approximate surface area is 166 Å². The number of halogens is 1. The Morgan fingerprint density at radius 3 is 2.74 bits per heavy atom. The van der Waals surface area contributed by atoms with Crippen molar-refractivity contribution in [2.75, 3.05) is 19.6 Å². The van der Waals surface area contributed by atoms with Gasteiger partial charge in [-0.05, 0) is 73.5 Å². The lowest BCUT2D eigenvalue weighted by atomic mass is 9.99. The van der Waals surface area contributed by atoms with E-state index in [4.69, 9.17) is 11.6 Å². The largest absolute Gasteiger partial charge is 0.361 e. The van der Waals surface area contributed by atoms with Gasteiger partial charge in [-0.2, -0.15) is 0 Å². The Morgan fingerprint density at radius 2 is 1.96 bits per heavy atom. The van der Waals surface area contributed by atoms with Crippen LogP contribution in [0.3, 0.4) is 0 Å². The van der Waals surface area contributed by atoms with Crippen molar-refractivity contribution in [1.29, 1.82) is 0 Å². The molecular weight excluding hydrogens is 352 g/mol. The number of hydrogen-bond donors (Lipinski definition) is 1. The van der Waals surface area contributed by atoms with Crippen LogP contribution in [0.15, 0.2) is 54.7 Å². The number of aryl methyl sites for hydroxylation is 2. The molecular formula is C24H27ClN2. The van der Waals surface area contributed by atoms with Gasteiger partial charge < -0.3 is 4.98 Å². The van der Waals surface area contributed by atoms with Crippen molar-refractivity contribution in [3.8, 4) is 0 Å². The molecule has 3 aromatic rings. The number of hydrogen-bond acceptors (Lipinski definition) is 1. The molecule has 0 saturated heterocycles. The van der Waals surface area contributed by atoms with Gasteiger partial charge in [0.15, 0.2) is 0 Å². The van der Waals surface area contributed by atoms with Crippen molar-refractivity contribution < 1.29 is 0 Å². The van der Waals surface area contributed by atoms with Gasteiger partial charge in [-0.3, -0.25) is 4.90 Å². The van der Waals surface area contributed by atoms with Gasteiger partial charge in [-0.15, -0.1) is 0 Å². The van der Waals surface area contributed by atoms with Gasteiger partial charge in [0, 0.05) is 35.2 Å². The summed E-state index contributed by atoms with van der Waals surface area (Å²) in [7, 11) is 0. The van der Waals surface area contributed by atoms with Crippen LogP contribution in [0.2, 0.25) is 5.02 Å². The topological polar surface area (TPSA) is 19.0 Å². The van der Waals surface area contributed by atoms with Crippen molar-refractivity contribution in [3.05, 3.63) is 76.5 Å². The van der Waals surface area contributed by atoms with Gasteiger partial charge in [0.2, 0.25) is 0 Å². The minimum atomic E-state index is 0.829. The quantitative estimate of drug-likeness (QED) is 0.503. The van der Waals surface area contributed by atoms with Gasteiger partial charge in [0.1, 0.15) is 0 Å². The monoisotopic (exact) mass is 378 g/mol. The SMILES string of the molecule is Cc1cc(Cl)cc2c(CCCCN3CC=C(c4ccccc4)CC3)c[nH]c12. The van der Waals surface area contributed by atoms with Crippen LogP contribution in [0.25, 0.3) is 16.5 Å². The summed E-state index contributed by atoms with van der Waals surface area (Å²) in [6.45, 7) is 5.54. The molecule has 0 saturated carbocycles. The van der Waals surface area contributed by atoms with Crippen molar-refractivity contribution in [2.24, 2.45) is 0 Å². The number of rotatable bonds is 6. The number of fused-ring (bicyclic) bond motifs is 1. The van der Waals surface area contributed by atoms with Gasteiger partial charge in [0.25, 0.3) is 0 Å². The fourth-order valence-electron chi connectivity index (χ4n) is 4.11. The van der Waals surface area contributed by atoms with E-state index in [1.165, 1.54) is 59.1 Å². The minimum Gasteiger partial charge on any atom is -0.361 e. The number of H-pyrrole nitrogens is 1. The van der Waals surface area contributed by atoms with E-state index in [1.54, 1.807) is 0 Å². The van der Waals surface area contributed by atoms with Crippen LogP contribution in [-0.4, -0.2) is 29.5 Å². The van der Waals surface area contributed by atoms with Crippen LogP contribution >= 0.6 is 11.6 Å². The summed E-state index contributed by atoms with van der Waals surface area (Å²) in [5.74, 6) is 0. The molecule has 0 spiro atoms. The van der Waals surface area contributed by atoms with Crippen LogP contribution in [0.5, 0.6) is 0 Å². The number of aromatic amines is 1. The lowest BCUT2D eigenvalue weighted by Crippen LogP contribution is -2.29. The molecule has 0 aliphatic carbocycles. The summed E-state index contributed by atoms with van der Waals surface area (Å²) in [6.07, 6.45) is 9.28. The van der Waals surface area contributed by atoms with Crippen molar-refractivity contribution in [2.45, 2.75) is 32.6 Å². The summed E-state index contributed by atoms with van der Waals surface area (Å²) in [5.41, 5.74) is 6.71. The van der Waals surface area contributed by atoms with Crippen LogP contribution in [0.4, 0.5) is 0 Å². The molecule has 4 rings (SSSR count). The van der Waals surface area contributed by atoms with E-state index in [9.17, 15) is 0 Å².